The van der Waals surface area contributed by atoms with Gasteiger partial charge in [0.25, 0.3) is 0 Å². The van der Waals surface area contributed by atoms with E-state index in [1.807, 2.05) is 36.5 Å². The van der Waals surface area contributed by atoms with Gasteiger partial charge in [-0.3, -0.25) is 4.79 Å². The predicted octanol–water partition coefficient (Wildman–Crippen LogP) is 2.99. The van der Waals surface area contributed by atoms with Gasteiger partial charge >= 0.3 is 5.97 Å². The number of methoxy groups -OCH3 is 1. The molecule has 1 saturated heterocycles. The van der Waals surface area contributed by atoms with Crippen LogP contribution < -0.4 is 0 Å². The number of rotatable bonds is 1. The summed E-state index contributed by atoms with van der Waals surface area (Å²) in [6, 6.07) is 0. The number of aliphatic hydroxyl groups is 1. The van der Waals surface area contributed by atoms with E-state index in [-0.39, 0.29) is 28.7 Å². The van der Waals surface area contributed by atoms with Crippen molar-refractivity contribution < 1.29 is 19.4 Å². The maximum absolute atomic E-state index is 11.7. The summed E-state index contributed by atoms with van der Waals surface area (Å²) in [6.45, 7) is 1.89. The summed E-state index contributed by atoms with van der Waals surface area (Å²) < 4.78 is 11.1. The standard InChI is InChI=1S/C16H26O4S2/c1-12-9-14(19-2)11-16(21-7-4-8-22-16)6-3-5-13(17)10-15(18)20-12/h3,5,12-14,17H,4,6-11H2,1-2H3/b5-3+/t12-,13-,14?/m1/s1. The zero-order valence-electron chi connectivity index (χ0n) is 13.3. The van der Waals surface area contributed by atoms with Crippen LogP contribution in [0.3, 0.4) is 0 Å². The van der Waals surface area contributed by atoms with Gasteiger partial charge in [-0.1, -0.05) is 12.2 Å². The first kappa shape index (κ1) is 18.2. The van der Waals surface area contributed by atoms with E-state index in [4.69, 9.17) is 9.47 Å². The van der Waals surface area contributed by atoms with Crippen molar-refractivity contribution in [1.29, 1.82) is 0 Å². The van der Waals surface area contributed by atoms with Crippen LogP contribution in [0.25, 0.3) is 0 Å². The molecule has 1 spiro atoms. The topological polar surface area (TPSA) is 55.8 Å². The van der Waals surface area contributed by atoms with Crippen molar-refractivity contribution in [2.45, 2.75) is 61.4 Å². The van der Waals surface area contributed by atoms with Gasteiger partial charge in [-0.05, 0) is 37.7 Å². The van der Waals surface area contributed by atoms with Crippen LogP contribution in [-0.4, -0.2) is 52.1 Å². The second kappa shape index (κ2) is 8.62. The molecule has 126 valence electrons. The zero-order chi connectivity index (χ0) is 16.0. The van der Waals surface area contributed by atoms with Gasteiger partial charge in [0.15, 0.2) is 0 Å². The van der Waals surface area contributed by atoms with Gasteiger partial charge in [-0.15, -0.1) is 23.5 Å². The van der Waals surface area contributed by atoms with Crippen molar-refractivity contribution in [1.82, 2.24) is 0 Å². The molecular weight excluding hydrogens is 320 g/mol. The Morgan fingerprint density at radius 2 is 2.14 bits per heavy atom. The molecule has 6 heteroatoms. The van der Waals surface area contributed by atoms with Crippen LogP contribution in [0.5, 0.6) is 0 Å². The summed E-state index contributed by atoms with van der Waals surface area (Å²) in [5, 5.41) is 9.91. The largest absolute Gasteiger partial charge is 0.462 e. The highest BCUT2D eigenvalue weighted by Gasteiger charge is 2.36. The van der Waals surface area contributed by atoms with Crippen LogP contribution in [0, 0.1) is 0 Å². The van der Waals surface area contributed by atoms with Crippen molar-refractivity contribution in [3.05, 3.63) is 12.2 Å². The number of hydrogen-bond donors (Lipinski definition) is 1. The molecule has 0 bridgehead atoms. The fraction of sp³-hybridized carbons (Fsp3) is 0.812. The number of thioether (sulfide) groups is 2. The summed E-state index contributed by atoms with van der Waals surface area (Å²) in [4.78, 5) is 11.7. The molecule has 2 aliphatic rings. The van der Waals surface area contributed by atoms with Crippen LogP contribution in [0.15, 0.2) is 12.2 Å². The molecule has 2 rings (SSSR count). The SMILES string of the molecule is COC1C[C@@H](C)OC(=O)C[C@H](O)/C=C/CC2(C1)SCCCS2. The van der Waals surface area contributed by atoms with E-state index < -0.39 is 6.10 Å². The number of aliphatic hydroxyl groups excluding tert-OH is 1. The van der Waals surface area contributed by atoms with Gasteiger partial charge in [0.05, 0.1) is 22.7 Å². The highest BCUT2D eigenvalue weighted by molar-refractivity contribution is 8.18. The third kappa shape index (κ3) is 5.48. The Balaban J connectivity index is 2.15. The first-order valence-electron chi connectivity index (χ1n) is 7.88. The van der Waals surface area contributed by atoms with E-state index in [0.29, 0.717) is 6.42 Å². The molecule has 0 aromatic rings. The molecule has 4 nitrogen and oxygen atoms in total. The number of hydrogen-bond acceptors (Lipinski definition) is 6. The highest BCUT2D eigenvalue weighted by atomic mass is 32.2. The normalized spacial score (nSPS) is 35.2. The molecule has 0 aromatic heterocycles. The third-order valence-corrected chi connectivity index (χ3v) is 7.39. The molecule has 0 radical (unpaired) electrons. The lowest BCUT2D eigenvalue weighted by Crippen LogP contribution is -2.33. The van der Waals surface area contributed by atoms with Gasteiger partial charge in [0, 0.05) is 13.5 Å². The molecule has 0 aliphatic carbocycles. The smallest absolute Gasteiger partial charge is 0.309 e. The van der Waals surface area contributed by atoms with E-state index in [0.717, 1.165) is 12.8 Å². The first-order chi connectivity index (χ1) is 10.5. The van der Waals surface area contributed by atoms with Crippen LogP contribution in [-0.2, 0) is 14.3 Å². The maximum Gasteiger partial charge on any atom is 0.309 e. The fourth-order valence-electron chi connectivity index (χ4n) is 2.88. The minimum atomic E-state index is -0.756. The molecule has 1 fully saturated rings. The Bertz CT molecular complexity index is 394. The molecule has 0 saturated carbocycles. The number of allylic oxidation sites excluding steroid dienone is 1. The Labute approximate surface area is 141 Å². The van der Waals surface area contributed by atoms with Crippen molar-refractivity contribution >= 4 is 29.5 Å². The Kier molecular flexibility index (Phi) is 7.12. The molecule has 1 unspecified atom stereocenters. The molecule has 1 N–H and O–H groups in total. The van der Waals surface area contributed by atoms with Crippen molar-refractivity contribution in [2.24, 2.45) is 0 Å². The summed E-state index contributed by atoms with van der Waals surface area (Å²) in [5.74, 6) is 1.99. The molecule has 0 aromatic carbocycles. The number of esters is 1. The predicted molar refractivity (Wildman–Crippen MR) is 92.2 cm³/mol. The molecule has 22 heavy (non-hydrogen) atoms. The summed E-state index contributed by atoms with van der Waals surface area (Å²) in [5.41, 5.74) is 0. The van der Waals surface area contributed by atoms with E-state index >= 15 is 0 Å². The van der Waals surface area contributed by atoms with Crippen LogP contribution >= 0.6 is 23.5 Å². The van der Waals surface area contributed by atoms with Crippen LogP contribution in [0.1, 0.15) is 39.0 Å². The van der Waals surface area contributed by atoms with Gasteiger partial charge < -0.3 is 14.6 Å². The van der Waals surface area contributed by atoms with Crippen molar-refractivity contribution in [2.75, 3.05) is 18.6 Å². The first-order valence-corrected chi connectivity index (χ1v) is 9.85. The zero-order valence-corrected chi connectivity index (χ0v) is 15.0. The maximum atomic E-state index is 11.7. The average Bonchev–Trinajstić information content (AvgIpc) is 2.46. The number of carbonyl (C=O) groups is 1. The summed E-state index contributed by atoms with van der Waals surface area (Å²) in [6.07, 6.45) is 6.67. The summed E-state index contributed by atoms with van der Waals surface area (Å²) >= 11 is 4.00. The van der Waals surface area contributed by atoms with Crippen LogP contribution in [0.2, 0.25) is 0 Å². The van der Waals surface area contributed by atoms with E-state index in [2.05, 4.69) is 0 Å². The lowest BCUT2D eigenvalue weighted by atomic mass is 10.0. The second-order valence-corrected chi connectivity index (χ2v) is 9.18. The Morgan fingerprint density at radius 1 is 1.41 bits per heavy atom. The lowest BCUT2D eigenvalue weighted by molar-refractivity contribution is -0.151. The molecule has 2 heterocycles. The Hall–Kier alpha value is -0.170. The van der Waals surface area contributed by atoms with Crippen molar-refractivity contribution in [3.63, 3.8) is 0 Å². The Morgan fingerprint density at radius 3 is 2.82 bits per heavy atom. The minimum absolute atomic E-state index is 0.0196. The minimum Gasteiger partial charge on any atom is -0.462 e. The van der Waals surface area contributed by atoms with Gasteiger partial charge in [0.1, 0.15) is 6.10 Å². The van der Waals surface area contributed by atoms with Crippen molar-refractivity contribution in [3.8, 4) is 0 Å². The highest BCUT2D eigenvalue weighted by Crippen LogP contribution is 2.49. The van der Waals surface area contributed by atoms with Gasteiger partial charge in [0.2, 0.25) is 0 Å². The lowest BCUT2D eigenvalue weighted by Gasteiger charge is -2.38. The van der Waals surface area contributed by atoms with Crippen LogP contribution in [0.4, 0.5) is 0 Å². The second-order valence-electron chi connectivity index (χ2n) is 5.96. The fourth-order valence-corrected chi connectivity index (χ4v) is 6.25. The van der Waals surface area contributed by atoms with E-state index in [1.54, 1.807) is 13.2 Å². The molecule has 0 amide bonds. The number of cyclic esters (lactones) is 1. The van der Waals surface area contributed by atoms with Gasteiger partial charge in [-0.25, -0.2) is 0 Å². The average molecular weight is 347 g/mol. The quantitative estimate of drug-likeness (QED) is 0.582. The van der Waals surface area contributed by atoms with E-state index in [9.17, 15) is 9.90 Å². The number of carbonyl (C=O) groups excluding carboxylic acids is 1. The van der Waals surface area contributed by atoms with Gasteiger partial charge in [-0.2, -0.15) is 0 Å². The molecule has 3 atom stereocenters. The monoisotopic (exact) mass is 346 g/mol. The molecule has 2 aliphatic heterocycles. The third-order valence-electron chi connectivity index (χ3n) is 3.98. The van der Waals surface area contributed by atoms with E-state index in [1.165, 1.54) is 17.9 Å². The summed E-state index contributed by atoms with van der Waals surface area (Å²) in [7, 11) is 1.73. The number of ether oxygens (including phenoxy) is 2. The molecular formula is C16H26O4S2.